The summed E-state index contributed by atoms with van der Waals surface area (Å²) in [6.45, 7) is 4.62. The van der Waals surface area contributed by atoms with Gasteiger partial charge < -0.3 is 14.5 Å². The third-order valence-electron chi connectivity index (χ3n) is 5.92. The Labute approximate surface area is 163 Å². The molecular formula is C24H30N2O. The Bertz CT molecular complexity index is 806. The van der Waals surface area contributed by atoms with E-state index in [9.17, 15) is 0 Å². The molecule has 3 nitrogen and oxygen atoms in total. The minimum atomic E-state index is 0.933. The van der Waals surface area contributed by atoms with Gasteiger partial charge in [0.2, 0.25) is 0 Å². The van der Waals surface area contributed by atoms with Gasteiger partial charge in [-0.05, 0) is 54.8 Å². The molecular weight excluding hydrogens is 332 g/mol. The molecule has 0 N–H and O–H groups in total. The largest absolute Gasteiger partial charge is 0.497 e. The van der Waals surface area contributed by atoms with Crippen molar-refractivity contribution in [3.8, 4) is 5.75 Å². The Balaban J connectivity index is 1.74. The van der Waals surface area contributed by atoms with Crippen LogP contribution in [0.5, 0.6) is 5.75 Å². The van der Waals surface area contributed by atoms with Gasteiger partial charge in [-0.3, -0.25) is 0 Å². The maximum Gasteiger partial charge on any atom is 0.119 e. The first-order valence-electron chi connectivity index (χ1n) is 10.2. The van der Waals surface area contributed by atoms with Crippen LogP contribution in [0.15, 0.2) is 54.2 Å². The first kappa shape index (κ1) is 18.1. The molecule has 0 aromatic heterocycles. The zero-order chi connectivity index (χ0) is 18.6. The Morgan fingerprint density at radius 2 is 1.74 bits per heavy atom. The van der Waals surface area contributed by atoms with Crippen molar-refractivity contribution < 1.29 is 4.74 Å². The Morgan fingerprint density at radius 1 is 0.963 bits per heavy atom. The van der Waals surface area contributed by atoms with Gasteiger partial charge in [-0.1, -0.05) is 42.8 Å². The SMILES string of the molecule is COc1ccc2c(c1)C(c1ccccc1)=C(CCN1CCCCC1)N(C)C2. The molecule has 0 radical (unpaired) electrons. The van der Waals surface area contributed by atoms with E-state index in [1.54, 1.807) is 7.11 Å². The molecule has 0 spiro atoms. The van der Waals surface area contributed by atoms with Crippen molar-refractivity contribution in [3.05, 3.63) is 70.9 Å². The van der Waals surface area contributed by atoms with Gasteiger partial charge in [-0.2, -0.15) is 0 Å². The third kappa shape index (κ3) is 3.89. The maximum absolute atomic E-state index is 5.54. The molecule has 1 saturated heterocycles. The van der Waals surface area contributed by atoms with Gasteiger partial charge in [-0.15, -0.1) is 0 Å². The molecule has 0 amide bonds. The second-order valence-corrected chi connectivity index (χ2v) is 7.72. The van der Waals surface area contributed by atoms with Gasteiger partial charge in [0, 0.05) is 37.8 Å². The van der Waals surface area contributed by atoms with Crippen LogP contribution in [0.2, 0.25) is 0 Å². The molecule has 142 valence electrons. The second kappa shape index (κ2) is 8.18. The number of rotatable bonds is 5. The summed E-state index contributed by atoms with van der Waals surface area (Å²) in [5.41, 5.74) is 6.82. The zero-order valence-electron chi connectivity index (χ0n) is 16.6. The van der Waals surface area contributed by atoms with E-state index in [2.05, 4.69) is 65.4 Å². The fourth-order valence-electron chi connectivity index (χ4n) is 4.44. The lowest BCUT2D eigenvalue weighted by atomic mass is 9.87. The van der Waals surface area contributed by atoms with E-state index in [1.807, 2.05) is 0 Å². The summed E-state index contributed by atoms with van der Waals surface area (Å²) in [6.07, 6.45) is 5.18. The predicted octanol–water partition coefficient (Wildman–Crippen LogP) is 4.78. The normalized spacial score (nSPS) is 17.8. The summed E-state index contributed by atoms with van der Waals surface area (Å²) in [5.74, 6) is 0.933. The quantitative estimate of drug-likeness (QED) is 0.761. The van der Waals surface area contributed by atoms with Crippen molar-refractivity contribution in [2.24, 2.45) is 0 Å². The van der Waals surface area contributed by atoms with E-state index in [-0.39, 0.29) is 0 Å². The lowest BCUT2D eigenvalue weighted by Crippen LogP contribution is -2.33. The molecule has 4 rings (SSSR count). The molecule has 0 aliphatic carbocycles. The van der Waals surface area contributed by atoms with Gasteiger partial charge in [0.05, 0.1) is 7.11 Å². The predicted molar refractivity (Wildman–Crippen MR) is 112 cm³/mol. The van der Waals surface area contributed by atoms with Gasteiger partial charge in [-0.25, -0.2) is 0 Å². The van der Waals surface area contributed by atoms with Crippen LogP contribution in [0.3, 0.4) is 0 Å². The average molecular weight is 363 g/mol. The third-order valence-corrected chi connectivity index (χ3v) is 5.92. The van der Waals surface area contributed by atoms with E-state index in [4.69, 9.17) is 4.74 Å². The van der Waals surface area contributed by atoms with E-state index in [0.29, 0.717) is 0 Å². The maximum atomic E-state index is 5.54. The lowest BCUT2D eigenvalue weighted by molar-refractivity contribution is 0.224. The lowest BCUT2D eigenvalue weighted by Gasteiger charge is -2.35. The van der Waals surface area contributed by atoms with Crippen LogP contribution in [0.4, 0.5) is 0 Å². The van der Waals surface area contributed by atoms with E-state index in [1.165, 1.54) is 60.3 Å². The van der Waals surface area contributed by atoms with Crippen molar-refractivity contribution in [1.29, 1.82) is 0 Å². The highest BCUT2D eigenvalue weighted by Gasteiger charge is 2.24. The van der Waals surface area contributed by atoms with Gasteiger partial charge in [0.25, 0.3) is 0 Å². The Kier molecular flexibility index (Phi) is 5.49. The molecule has 3 heteroatoms. The first-order chi connectivity index (χ1) is 13.3. The topological polar surface area (TPSA) is 15.7 Å². The summed E-state index contributed by atoms with van der Waals surface area (Å²) >= 11 is 0. The summed E-state index contributed by atoms with van der Waals surface area (Å²) in [7, 11) is 3.99. The molecule has 0 atom stereocenters. The van der Waals surface area contributed by atoms with Gasteiger partial charge in [0.1, 0.15) is 5.75 Å². The van der Waals surface area contributed by atoms with Crippen LogP contribution in [0.25, 0.3) is 5.57 Å². The number of hydrogen-bond acceptors (Lipinski definition) is 3. The fourth-order valence-corrected chi connectivity index (χ4v) is 4.44. The van der Waals surface area contributed by atoms with Crippen LogP contribution in [-0.2, 0) is 6.54 Å². The molecule has 0 unspecified atom stereocenters. The van der Waals surface area contributed by atoms with Crippen LogP contribution in [-0.4, -0.2) is 43.6 Å². The molecule has 2 aromatic rings. The zero-order valence-corrected chi connectivity index (χ0v) is 16.6. The molecule has 0 saturated carbocycles. The van der Waals surface area contributed by atoms with E-state index in [0.717, 1.165) is 25.3 Å². The van der Waals surface area contributed by atoms with Crippen molar-refractivity contribution in [1.82, 2.24) is 9.80 Å². The smallest absolute Gasteiger partial charge is 0.119 e. The van der Waals surface area contributed by atoms with Crippen LogP contribution in [0, 0.1) is 0 Å². The minimum absolute atomic E-state index is 0.933. The highest BCUT2D eigenvalue weighted by molar-refractivity contribution is 5.85. The molecule has 2 heterocycles. The van der Waals surface area contributed by atoms with Gasteiger partial charge >= 0.3 is 0 Å². The number of hydrogen-bond donors (Lipinski definition) is 0. The molecule has 1 fully saturated rings. The highest BCUT2D eigenvalue weighted by Crippen LogP contribution is 2.38. The van der Waals surface area contributed by atoms with Crippen LogP contribution in [0.1, 0.15) is 42.4 Å². The van der Waals surface area contributed by atoms with E-state index >= 15 is 0 Å². The first-order valence-corrected chi connectivity index (χ1v) is 10.2. The van der Waals surface area contributed by atoms with Crippen molar-refractivity contribution in [2.45, 2.75) is 32.2 Å². The number of likely N-dealkylation sites (tertiary alicyclic amines) is 1. The summed E-state index contributed by atoms with van der Waals surface area (Å²) in [6, 6.07) is 17.3. The molecule has 27 heavy (non-hydrogen) atoms. The van der Waals surface area contributed by atoms with Crippen LogP contribution < -0.4 is 4.74 Å². The molecule has 2 aliphatic heterocycles. The average Bonchev–Trinajstić information content (AvgIpc) is 2.73. The number of piperidine rings is 1. The van der Waals surface area contributed by atoms with Crippen LogP contribution >= 0.6 is 0 Å². The Hall–Kier alpha value is -2.26. The number of benzene rings is 2. The number of ether oxygens (including phenoxy) is 1. The number of methoxy groups -OCH3 is 1. The molecule has 2 aliphatic rings. The minimum Gasteiger partial charge on any atom is -0.497 e. The molecule has 0 bridgehead atoms. The second-order valence-electron chi connectivity index (χ2n) is 7.72. The highest BCUT2D eigenvalue weighted by atomic mass is 16.5. The number of fused-ring (bicyclic) bond motifs is 1. The standard InChI is InChI=1S/C24H30N2O/c1-25-18-20-11-12-21(27-2)17-22(20)24(19-9-5-3-6-10-19)23(25)13-16-26-14-7-4-8-15-26/h3,5-6,9-12,17H,4,7-8,13-16,18H2,1-2H3. The molecule has 2 aromatic carbocycles. The van der Waals surface area contributed by atoms with Crippen molar-refractivity contribution in [3.63, 3.8) is 0 Å². The summed E-state index contributed by atoms with van der Waals surface area (Å²) in [5, 5.41) is 0. The summed E-state index contributed by atoms with van der Waals surface area (Å²) < 4.78 is 5.54. The van der Waals surface area contributed by atoms with Crippen molar-refractivity contribution in [2.75, 3.05) is 33.8 Å². The monoisotopic (exact) mass is 362 g/mol. The van der Waals surface area contributed by atoms with Crippen molar-refractivity contribution >= 4 is 5.57 Å². The van der Waals surface area contributed by atoms with E-state index < -0.39 is 0 Å². The van der Waals surface area contributed by atoms with Gasteiger partial charge in [0.15, 0.2) is 0 Å². The summed E-state index contributed by atoms with van der Waals surface area (Å²) in [4.78, 5) is 5.08. The number of nitrogens with zero attached hydrogens (tertiary/aromatic N) is 2. The Morgan fingerprint density at radius 3 is 2.48 bits per heavy atom. The fraction of sp³-hybridized carbons (Fsp3) is 0.417.